The van der Waals surface area contributed by atoms with Gasteiger partial charge in [0.05, 0.1) is 18.5 Å². The van der Waals surface area contributed by atoms with Gasteiger partial charge in [-0.1, -0.05) is 30.3 Å². The number of hydrazone groups is 1. The summed E-state index contributed by atoms with van der Waals surface area (Å²) in [7, 11) is 1.64. The minimum atomic E-state index is 0.311. The molecule has 2 aromatic rings. The fraction of sp³-hybridized carbons (Fsp3) is 0.118. The molecule has 0 saturated heterocycles. The molecule has 116 valence electrons. The monoisotopic (exact) mass is 307 g/mol. The van der Waals surface area contributed by atoms with Crippen LogP contribution in [0, 0.1) is 0 Å². The van der Waals surface area contributed by atoms with Crippen LogP contribution in [0.4, 0.5) is 5.69 Å². The van der Waals surface area contributed by atoms with E-state index >= 15 is 0 Å². The highest BCUT2D eigenvalue weighted by atomic mass is 16.5. The molecule has 1 aliphatic rings. The van der Waals surface area contributed by atoms with E-state index in [0.29, 0.717) is 18.0 Å². The van der Waals surface area contributed by atoms with E-state index in [1.54, 1.807) is 7.11 Å². The molecule has 2 aromatic carbocycles. The van der Waals surface area contributed by atoms with Crippen LogP contribution < -0.4 is 15.9 Å². The first kappa shape index (κ1) is 14.8. The van der Waals surface area contributed by atoms with Crippen molar-refractivity contribution >= 4 is 22.9 Å². The van der Waals surface area contributed by atoms with E-state index in [0.717, 1.165) is 22.7 Å². The van der Waals surface area contributed by atoms with Crippen molar-refractivity contribution in [3.63, 3.8) is 0 Å². The highest BCUT2D eigenvalue weighted by Crippen LogP contribution is 2.15. The van der Waals surface area contributed by atoms with E-state index < -0.39 is 0 Å². The molecule has 0 unspecified atom stereocenters. The van der Waals surface area contributed by atoms with Crippen LogP contribution in [-0.4, -0.2) is 24.4 Å². The third-order valence-corrected chi connectivity index (χ3v) is 3.37. The summed E-state index contributed by atoms with van der Waals surface area (Å²) in [4.78, 5) is 0. The zero-order valence-electron chi connectivity index (χ0n) is 12.7. The molecule has 6 heteroatoms. The number of hydrogen-bond donors (Lipinski definition) is 2. The van der Waals surface area contributed by atoms with Crippen LogP contribution in [-0.2, 0) is 6.42 Å². The SMILES string of the molecule is COc1cccc(CC2=NN=C(N)/C2=N/Nc2ccccc2)c1. The minimum Gasteiger partial charge on any atom is -0.497 e. The van der Waals surface area contributed by atoms with E-state index in [4.69, 9.17) is 10.5 Å². The van der Waals surface area contributed by atoms with Gasteiger partial charge in [0, 0.05) is 6.42 Å². The second kappa shape index (κ2) is 6.74. The normalized spacial score (nSPS) is 15.3. The summed E-state index contributed by atoms with van der Waals surface area (Å²) < 4.78 is 5.24. The Hall–Kier alpha value is -3.15. The zero-order valence-corrected chi connectivity index (χ0v) is 12.7. The Morgan fingerprint density at radius 2 is 1.91 bits per heavy atom. The Bertz CT molecular complexity index is 781. The van der Waals surface area contributed by atoms with Crippen molar-refractivity contribution in [2.75, 3.05) is 12.5 Å². The van der Waals surface area contributed by atoms with E-state index in [2.05, 4.69) is 20.7 Å². The lowest BCUT2D eigenvalue weighted by Crippen LogP contribution is -2.29. The van der Waals surface area contributed by atoms with E-state index in [9.17, 15) is 0 Å². The Morgan fingerprint density at radius 3 is 2.70 bits per heavy atom. The van der Waals surface area contributed by atoms with Crippen molar-refractivity contribution in [3.8, 4) is 5.75 Å². The lowest BCUT2D eigenvalue weighted by Gasteiger charge is -2.06. The van der Waals surface area contributed by atoms with Gasteiger partial charge in [-0.05, 0) is 29.8 Å². The van der Waals surface area contributed by atoms with E-state index in [-0.39, 0.29) is 0 Å². The lowest BCUT2D eigenvalue weighted by atomic mass is 10.0. The number of amidine groups is 1. The van der Waals surface area contributed by atoms with Crippen LogP contribution in [0.25, 0.3) is 0 Å². The van der Waals surface area contributed by atoms with Crippen LogP contribution in [0.2, 0.25) is 0 Å². The Morgan fingerprint density at radius 1 is 1.09 bits per heavy atom. The molecule has 6 nitrogen and oxygen atoms in total. The first-order valence-electron chi connectivity index (χ1n) is 7.18. The maximum Gasteiger partial charge on any atom is 0.175 e. The van der Waals surface area contributed by atoms with Crippen molar-refractivity contribution < 1.29 is 4.74 Å². The van der Waals surface area contributed by atoms with Crippen molar-refractivity contribution in [3.05, 3.63) is 60.2 Å². The third kappa shape index (κ3) is 3.55. The summed E-state index contributed by atoms with van der Waals surface area (Å²) in [5.74, 6) is 1.11. The van der Waals surface area contributed by atoms with Gasteiger partial charge < -0.3 is 10.5 Å². The van der Waals surface area contributed by atoms with Gasteiger partial charge in [0.25, 0.3) is 0 Å². The van der Waals surface area contributed by atoms with Crippen LogP contribution in [0.1, 0.15) is 5.56 Å². The zero-order chi connectivity index (χ0) is 16.1. The second-order valence-electron chi connectivity index (χ2n) is 5.00. The van der Waals surface area contributed by atoms with Gasteiger partial charge >= 0.3 is 0 Å². The van der Waals surface area contributed by atoms with Crippen molar-refractivity contribution in [2.24, 2.45) is 21.0 Å². The summed E-state index contributed by atoms with van der Waals surface area (Å²) in [5, 5.41) is 12.4. The molecule has 1 aliphatic heterocycles. The van der Waals surface area contributed by atoms with Gasteiger partial charge in [-0.2, -0.15) is 10.2 Å². The second-order valence-corrected chi connectivity index (χ2v) is 5.00. The quantitative estimate of drug-likeness (QED) is 0.832. The number of hydrogen-bond acceptors (Lipinski definition) is 6. The molecule has 0 aliphatic carbocycles. The number of anilines is 1. The summed E-state index contributed by atoms with van der Waals surface area (Å²) >= 11 is 0. The molecule has 23 heavy (non-hydrogen) atoms. The molecule has 0 aromatic heterocycles. The molecule has 3 rings (SSSR count). The number of nitrogens with one attached hydrogen (secondary N) is 1. The Labute approximate surface area is 134 Å². The fourth-order valence-electron chi connectivity index (χ4n) is 2.21. The van der Waals surface area contributed by atoms with Crippen LogP contribution in [0.15, 0.2) is 69.9 Å². The maximum absolute atomic E-state index is 5.88. The largest absolute Gasteiger partial charge is 0.497 e. The molecule has 0 bridgehead atoms. The molecule has 3 N–H and O–H groups in total. The predicted octanol–water partition coefficient (Wildman–Crippen LogP) is 2.43. The topological polar surface area (TPSA) is 84.4 Å². The van der Waals surface area contributed by atoms with E-state index in [1.807, 2.05) is 54.6 Å². The van der Waals surface area contributed by atoms with Crippen molar-refractivity contribution in [2.45, 2.75) is 6.42 Å². The Kier molecular flexibility index (Phi) is 4.33. The highest BCUT2D eigenvalue weighted by Gasteiger charge is 2.20. The number of nitrogens with two attached hydrogens (primary N) is 1. The fourth-order valence-corrected chi connectivity index (χ4v) is 2.21. The number of benzene rings is 2. The van der Waals surface area contributed by atoms with Gasteiger partial charge in [0.1, 0.15) is 5.75 Å². The Balaban J connectivity index is 1.76. The van der Waals surface area contributed by atoms with Crippen LogP contribution >= 0.6 is 0 Å². The molecule has 0 saturated carbocycles. The molecule has 0 atom stereocenters. The van der Waals surface area contributed by atoms with E-state index in [1.165, 1.54) is 0 Å². The van der Waals surface area contributed by atoms with Gasteiger partial charge in [-0.15, -0.1) is 5.10 Å². The standard InChI is InChI=1S/C17H17N5O/c1-23-14-9-5-6-12(10-14)11-15-16(17(18)22-20-15)21-19-13-7-3-2-4-8-13/h2-10,19H,11H2,1H3,(H2,18,21,22). The number of para-hydroxylation sites is 1. The molecule has 1 heterocycles. The van der Waals surface area contributed by atoms with Gasteiger partial charge in [-0.25, -0.2) is 0 Å². The molecule has 0 radical (unpaired) electrons. The molecule has 0 amide bonds. The maximum atomic E-state index is 5.88. The highest BCUT2D eigenvalue weighted by molar-refractivity contribution is 6.69. The average molecular weight is 307 g/mol. The van der Waals surface area contributed by atoms with Gasteiger partial charge in [0.2, 0.25) is 0 Å². The lowest BCUT2D eigenvalue weighted by molar-refractivity contribution is 0.414. The minimum absolute atomic E-state index is 0.311. The predicted molar refractivity (Wildman–Crippen MR) is 93.3 cm³/mol. The molecular weight excluding hydrogens is 290 g/mol. The number of rotatable bonds is 5. The third-order valence-electron chi connectivity index (χ3n) is 3.37. The van der Waals surface area contributed by atoms with Crippen molar-refractivity contribution in [1.82, 2.24) is 0 Å². The number of nitrogens with zero attached hydrogens (tertiary/aromatic N) is 3. The molecule has 0 fully saturated rings. The van der Waals surface area contributed by atoms with Gasteiger partial charge in [0.15, 0.2) is 11.5 Å². The summed E-state index contributed by atoms with van der Waals surface area (Å²) in [6, 6.07) is 17.4. The first-order valence-corrected chi connectivity index (χ1v) is 7.18. The number of ether oxygens (including phenoxy) is 1. The van der Waals surface area contributed by atoms with Gasteiger partial charge in [-0.3, -0.25) is 5.43 Å². The van der Waals surface area contributed by atoms with Crippen LogP contribution in [0.3, 0.4) is 0 Å². The van der Waals surface area contributed by atoms with Crippen molar-refractivity contribution in [1.29, 1.82) is 0 Å². The average Bonchev–Trinajstić information content (AvgIpc) is 2.94. The first-order chi connectivity index (χ1) is 11.3. The number of methoxy groups -OCH3 is 1. The summed E-state index contributed by atoms with van der Waals surface area (Å²) in [6.45, 7) is 0. The summed E-state index contributed by atoms with van der Waals surface area (Å²) in [6.07, 6.45) is 0.580. The molecule has 0 spiro atoms. The molecular formula is C17H17N5O. The van der Waals surface area contributed by atoms with Crippen LogP contribution in [0.5, 0.6) is 5.75 Å². The smallest absolute Gasteiger partial charge is 0.175 e. The summed E-state index contributed by atoms with van der Waals surface area (Å²) in [5.41, 5.74) is 12.1.